The van der Waals surface area contributed by atoms with Crippen LogP contribution in [0.4, 0.5) is 0 Å². The van der Waals surface area contributed by atoms with E-state index in [1.807, 2.05) is 45.5 Å². The number of rotatable bonds is 5. The lowest BCUT2D eigenvalue weighted by molar-refractivity contribution is -0.122. The molecule has 0 fully saturated rings. The van der Waals surface area contributed by atoms with Gasteiger partial charge in [-0.3, -0.25) is 14.2 Å². The second-order valence-corrected chi connectivity index (χ2v) is 6.23. The number of aryl methyl sites for hydroxylation is 2. The van der Waals surface area contributed by atoms with Gasteiger partial charge in [0, 0.05) is 17.8 Å². The van der Waals surface area contributed by atoms with Gasteiger partial charge in [0.25, 0.3) is 0 Å². The molecule has 22 heavy (non-hydrogen) atoms. The summed E-state index contributed by atoms with van der Waals surface area (Å²) in [4.78, 5) is 12.2. The topological polar surface area (TPSA) is 64.7 Å². The zero-order valence-electron chi connectivity index (χ0n) is 13.6. The summed E-state index contributed by atoms with van der Waals surface area (Å²) < 4.78 is 4.59. The van der Waals surface area contributed by atoms with E-state index in [9.17, 15) is 4.79 Å². The fourth-order valence-electron chi connectivity index (χ4n) is 2.53. The minimum absolute atomic E-state index is 0.0609. The molecule has 0 saturated heterocycles. The molecular weight excluding hydrogens is 346 g/mol. The van der Waals surface area contributed by atoms with Crippen molar-refractivity contribution in [2.45, 2.75) is 53.8 Å². The SMILES string of the molecule is CCn1ncc(C(C)NC(=O)Cn2nc(C)c(Br)c2C)c1C. The predicted octanol–water partition coefficient (Wildman–Crippen LogP) is 2.66. The van der Waals surface area contributed by atoms with Gasteiger partial charge in [0.1, 0.15) is 6.54 Å². The van der Waals surface area contributed by atoms with Crippen molar-refractivity contribution in [1.29, 1.82) is 0 Å². The third kappa shape index (κ3) is 3.24. The first kappa shape index (κ1) is 16.7. The van der Waals surface area contributed by atoms with Crippen LogP contribution >= 0.6 is 15.9 Å². The number of hydrogen-bond acceptors (Lipinski definition) is 3. The number of nitrogens with zero attached hydrogens (tertiary/aromatic N) is 4. The predicted molar refractivity (Wildman–Crippen MR) is 88.6 cm³/mol. The molecule has 0 spiro atoms. The van der Waals surface area contributed by atoms with E-state index < -0.39 is 0 Å². The first-order valence-electron chi connectivity index (χ1n) is 7.36. The molecule has 0 aromatic carbocycles. The summed E-state index contributed by atoms with van der Waals surface area (Å²) >= 11 is 3.47. The fourth-order valence-corrected chi connectivity index (χ4v) is 2.82. The number of nitrogens with one attached hydrogen (secondary N) is 1. The van der Waals surface area contributed by atoms with E-state index in [0.717, 1.165) is 33.7 Å². The molecule has 2 rings (SSSR count). The summed E-state index contributed by atoms with van der Waals surface area (Å²) in [6.07, 6.45) is 1.82. The second-order valence-electron chi connectivity index (χ2n) is 5.43. The maximum absolute atomic E-state index is 12.2. The third-order valence-corrected chi connectivity index (χ3v) is 5.02. The fraction of sp³-hybridized carbons (Fsp3) is 0.533. The Bertz CT molecular complexity index is 688. The van der Waals surface area contributed by atoms with E-state index in [1.54, 1.807) is 4.68 Å². The van der Waals surface area contributed by atoms with E-state index in [-0.39, 0.29) is 18.5 Å². The Labute approximate surface area is 139 Å². The molecule has 0 aliphatic carbocycles. The zero-order valence-corrected chi connectivity index (χ0v) is 15.2. The number of carbonyl (C=O) groups is 1. The highest BCUT2D eigenvalue weighted by atomic mass is 79.9. The summed E-state index contributed by atoms with van der Waals surface area (Å²) in [5.41, 5.74) is 3.97. The van der Waals surface area contributed by atoms with Crippen molar-refractivity contribution < 1.29 is 4.79 Å². The highest BCUT2D eigenvalue weighted by molar-refractivity contribution is 9.10. The van der Waals surface area contributed by atoms with Gasteiger partial charge < -0.3 is 5.32 Å². The molecule has 120 valence electrons. The zero-order chi connectivity index (χ0) is 16.4. The number of amides is 1. The van der Waals surface area contributed by atoms with Gasteiger partial charge >= 0.3 is 0 Å². The molecule has 0 aliphatic rings. The molecular formula is C15H22BrN5O. The van der Waals surface area contributed by atoms with Crippen LogP contribution in [0, 0.1) is 20.8 Å². The van der Waals surface area contributed by atoms with Gasteiger partial charge in [0.15, 0.2) is 0 Å². The number of halogens is 1. The van der Waals surface area contributed by atoms with Crippen molar-refractivity contribution in [3.8, 4) is 0 Å². The second kappa shape index (κ2) is 6.64. The Kier molecular flexibility index (Phi) is 5.05. The van der Waals surface area contributed by atoms with E-state index >= 15 is 0 Å². The lowest BCUT2D eigenvalue weighted by atomic mass is 10.1. The molecule has 0 radical (unpaired) electrons. The summed E-state index contributed by atoms with van der Waals surface area (Å²) in [5.74, 6) is -0.0609. The van der Waals surface area contributed by atoms with Gasteiger partial charge in [-0.05, 0) is 50.5 Å². The van der Waals surface area contributed by atoms with Crippen LogP contribution in [0.1, 0.15) is 42.5 Å². The van der Waals surface area contributed by atoms with E-state index in [2.05, 4.69) is 31.4 Å². The Balaban J connectivity index is 2.05. The van der Waals surface area contributed by atoms with Crippen LogP contribution in [0.5, 0.6) is 0 Å². The molecule has 0 aliphatic heterocycles. The lowest BCUT2D eigenvalue weighted by Crippen LogP contribution is -2.31. The van der Waals surface area contributed by atoms with Crippen molar-refractivity contribution in [3.63, 3.8) is 0 Å². The van der Waals surface area contributed by atoms with E-state index in [1.165, 1.54) is 0 Å². The van der Waals surface area contributed by atoms with Crippen LogP contribution in [0.2, 0.25) is 0 Å². The first-order chi connectivity index (χ1) is 10.3. The Hall–Kier alpha value is -1.63. The summed E-state index contributed by atoms with van der Waals surface area (Å²) in [6, 6.07) is -0.0757. The maximum atomic E-state index is 12.2. The largest absolute Gasteiger partial charge is 0.348 e. The normalized spacial score (nSPS) is 12.5. The molecule has 2 aromatic rings. The van der Waals surface area contributed by atoms with Crippen molar-refractivity contribution in [2.24, 2.45) is 0 Å². The molecule has 2 heterocycles. The molecule has 1 unspecified atom stereocenters. The van der Waals surface area contributed by atoms with Crippen molar-refractivity contribution in [2.75, 3.05) is 0 Å². The smallest absolute Gasteiger partial charge is 0.242 e. The quantitative estimate of drug-likeness (QED) is 0.883. The summed E-state index contributed by atoms with van der Waals surface area (Å²) in [6.45, 7) is 10.9. The van der Waals surface area contributed by atoms with E-state index in [4.69, 9.17) is 0 Å². The molecule has 1 amide bonds. The van der Waals surface area contributed by atoms with Gasteiger partial charge in [-0.15, -0.1) is 0 Å². The van der Waals surface area contributed by atoms with Crippen molar-refractivity contribution in [3.05, 3.63) is 33.3 Å². The minimum atomic E-state index is -0.0757. The summed E-state index contributed by atoms with van der Waals surface area (Å²) in [7, 11) is 0. The van der Waals surface area contributed by atoms with Crippen molar-refractivity contribution >= 4 is 21.8 Å². The van der Waals surface area contributed by atoms with Crippen molar-refractivity contribution in [1.82, 2.24) is 24.9 Å². The maximum Gasteiger partial charge on any atom is 0.242 e. The standard InChI is InChI=1S/C15H22BrN5O/c1-6-20-11(4)13(7-17-20)9(2)18-14(22)8-21-12(5)15(16)10(3)19-21/h7,9H,6,8H2,1-5H3,(H,18,22). The number of hydrogen-bond donors (Lipinski definition) is 1. The lowest BCUT2D eigenvalue weighted by Gasteiger charge is -2.14. The molecule has 7 heteroatoms. The minimum Gasteiger partial charge on any atom is -0.348 e. The van der Waals surface area contributed by atoms with Crippen LogP contribution < -0.4 is 5.32 Å². The Morgan fingerprint density at radius 3 is 2.50 bits per heavy atom. The van der Waals surface area contributed by atoms with E-state index in [0.29, 0.717) is 0 Å². The van der Waals surface area contributed by atoms with Crippen LogP contribution in [-0.2, 0) is 17.9 Å². The molecule has 2 aromatic heterocycles. The summed E-state index contributed by atoms with van der Waals surface area (Å²) in [5, 5.41) is 11.7. The van der Waals surface area contributed by atoms with Gasteiger partial charge in [-0.2, -0.15) is 10.2 Å². The molecule has 6 nitrogen and oxygen atoms in total. The molecule has 0 bridgehead atoms. The number of carbonyl (C=O) groups excluding carboxylic acids is 1. The molecule has 0 saturated carbocycles. The Morgan fingerprint density at radius 1 is 1.32 bits per heavy atom. The Morgan fingerprint density at radius 2 is 2.00 bits per heavy atom. The first-order valence-corrected chi connectivity index (χ1v) is 8.15. The van der Waals surface area contributed by atoms with Crippen LogP contribution in [0.25, 0.3) is 0 Å². The molecule has 1 atom stereocenters. The van der Waals surface area contributed by atoms with Crippen LogP contribution in [0.3, 0.4) is 0 Å². The number of aromatic nitrogens is 4. The average Bonchev–Trinajstić information content (AvgIpc) is 2.95. The van der Waals surface area contributed by atoms with Crippen LogP contribution in [0.15, 0.2) is 10.7 Å². The highest BCUT2D eigenvalue weighted by Crippen LogP contribution is 2.20. The monoisotopic (exact) mass is 367 g/mol. The average molecular weight is 368 g/mol. The van der Waals surface area contributed by atoms with Gasteiger partial charge in [-0.1, -0.05) is 0 Å². The van der Waals surface area contributed by atoms with Gasteiger partial charge in [-0.25, -0.2) is 0 Å². The highest BCUT2D eigenvalue weighted by Gasteiger charge is 2.17. The third-order valence-electron chi connectivity index (χ3n) is 3.87. The molecule has 1 N–H and O–H groups in total. The van der Waals surface area contributed by atoms with Gasteiger partial charge in [0.2, 0.25) is 5.91 Å². The van der Waals surface area contributed by atoms with Gasteiger partial charge in [0.05, 0.1) is 28.1 Å². The van der Waals surface area contributed by atoms with Crippen LogP contribution in [-0.4, -0.2) is 25.5 Å².